The Morgan fingerprint density at radius 1 is 1.47 bits per heavy atom. The van der Waals surface area contributed by atoms with Gasteiger partial charge in [-0.15, -0.1) is 0 Å². The van der Waals surface area contributed by atoms with Crippen molar-refractivity contribution in [2.45, 2.75) is 45.2 Å². The van der Waals surface area contributed by atoms with E-state index in [-0.39, 0.29) is 0 Å². The summed E-state index contributed by atoms with van der Waals surface area (Å²) in [4.78, 5) is 4.16. The zero-order chi connectivity index (χ0) is 10.7. The lowest BCUT2D eigenvalue weighted by Gasteiger charge is -2.22. The predicted octanol–water partition coefficient (Wildman–Crippen LogP) is 2.92. The first kappa shape index (κ1) is 10.6. The fourth-order valence-electron chi connectivity index (χ4n) is 2.44. The molecule has 0 radical (unpaired) electrons. The van der Waals surface area contributed by atoms with Crippen LogP contribution in [0.1, 0.15) is 44.7 Å². The minimum atomic E-state index is 0.421. The Kier molecular flexibility index (Phi) is 3.37. The van der Waals surface area contributed by atoms with Crippen LogP contribution < -0.4 is 5.32 Å². The Hall–Kier alpha value is -0.890. The quantitative estimate of drug-likeness (QED) is 0.819. The highest BCUT2D eigenvalue weighted by molar-refractivity contribution is 5.13. The van der Waals surface area contributed by atoms with Crippen LogP contribution in [0.3, 0.4) is 0 Å². The van der Waals surface area contributed by atoms with Gasteiger partial charge in [0.05, 0.1) is 0 Å². The summed E-state index contributed by atoms with van der Waals surface area (Å²) in [6.07, 6.45) is 7.85. The molecule has 1 aromatic rings. The van der Waals surface area contributed by atoms with Crippen LogP contribution in [0.25, 0.3) is 0 Å². The van der Waals surface area contributed by atoms with Crippen molar-refractivity contribution in [1.29, 1.82) is 0 Å². The molecular weight excluding hydrogens is 184 g/mol. The molecule has 2 rings (SSSR count). The van der Waals surface area contributed by atoms with Gasteiger partial charge in [0, 0.05) is 24.5 Å². The molecule has 3 unspecified atom stereocenters. The summed E-state index contributed by atoms with van der Waals surface area (Å²) in [6, 6.07) is 5.26. The molecule has 0 spiro atoms. The predicted molar refractivity (Wildman–Crippen MR) is 62.6 cm³/mol. The zero-order valence-corrected chi connectivity index (χ0v) is 9.61. The maximum atomic E-state index is 4.16. The number of rotatable bonds is 3. The van der Waals surface area contributed by atoms with E-state index in [0.717, 1.165) is 5.92 Å². The van der Waals surface area contributed by atoms with Crippen molar-refractivity contribution in [2.24, 2.45) is 5.92 Å². The van der Waals surface area contributed by atoms with Gasteiger partial charge in [-0.1, -0.05) is 19.4 Å². The first-order valence-electron chi connectivity index (χ1n) is 5.93. The molecule has 1 fully saturated rings. The van der Waals surface area contributed by atoms with Crippen molar-refractivity contribution in [3.8, 4) is 0 Å². The SMILES string of the molecule is CC(NC1CCCC1C)c1cccnc1. The number of aromatic nitrogens is 1. The van der Waals surface area contributed by atoms with Crippen molar-refractivity contribution >= 4 is 0 Å². The van der Waals surface area contributed by atoms with Crippen LogP contribution in [0, 0.1) is 5.92 Å². The van der Waals surface area contributed by atoms with Gasteiger partial charge in [0.25, 0.3) is 0 Å². The van der Waals surface area contributed by atoms with Crippen LogP contribution in [-0.2, 0) is 0 Å². The van der Waals surface area contributed by atoms with Crippen LogP contribution in [0.15, 0.2) is 24.5 Å². The number of pyridine rings is 1. The third kappa shape index (κ3) is 2.57. The van der Waals surface area contributed by atoms with E-state index in [1.165, 1.54) is 24.8 Å². The summed E-state index contributed by atoms with van der Waals surface area (Å²) in [5.41, 5.74) is 1.29. The topological polar surface area (TPSA) is 24.9 Å². The molecule has 0 bridgehead atoms. The summed E-state index contributed by atoms with van der Waals surface area (Å²) in [5, 5.41) is 3.70. The third-order valence-corrected chi connectivity index (χ3v) is 3.51. The van der Waals surface area contributed by atoms with Gasteiger partial charge in [-0.3, -0.25) is 4.98 Å². The first-order chi connectivity index (χ1) is 7.27. The molecular formula is C13H20N2. The first-order valence-corrected chi connectivity index (χ1v) is 5.93. The average molecular weight is 204 g/mol. The molecule has 0 aliphatic heterocycles. The minimum Gasteiger partial charge on any atom is -0.307 e. The maximum absolute atomic E-state index is 4.16. The lowest BCUT2D eigenvalue weighted by atomic mass is 10.0. The summed E-state index contributed by atoms with van der Waals surface area (Å²) in [5.74, 6) is 0.823. The molecule has 0 saturated heterocycles. The Morgan fingerprint density at radius 3 is 2.93 bits per heavy atom. The molecule has 3 atom stereocenters. The molecule has 2 nitrogen and oxygen atoms in total. The highest BCUT2D eigenvalue weighted by Crippen LogP contribution is 2.27. The second-order valence-corrected chi connectivity index (χ2v) is 4.69. The molecule has 82 valence electrons. The van der Waals surface area contributed by atoms with Crippen molar-refractivity contribution in [2.75, 3.05) is 0 Å². The third-order valence-electron chi connectivity index (χ3n) is 3.51. The van der Waals surface area contributed by atoms with Crippen molar-refractivity contribution < 1.29 is 0 Å². The van der Waals surface area contributed by atoms with E-state index in [9.17, 15) is 0 Å². The van der Waals surface area contributed by atoms with E-state index in [4.69, 9.17) is 0 Å². The largest absolute Gasteiger partial charge is 0.307 e. The second kappa shape index (κ2) is 4.75. The highest BCUT2D eigenvalue weighted by Gasteiger charge is 2.24. The van der Waals surface area contributed by atoms with Gasteiger partial charge in [-0.2, -0.15) is 0 Å². The fraction of sp³-hybridized carbons (Fsp3) is 0.615. The van der Waals surface area contributed by atoms with E-state index >= 15 is 0 Å². The molecule has 15 heavy (non-hydrogen) atoms. The molecule has 0 aromatic carbocycles. The lowest BCUT2D eigenvalue weighted by Crippen LogP contribution is -2.33. The Bertz CT molecular complexity index is 297. The van der Waals surface area contributed by atoms with Gasteiger partial charge in [-0.05, 0) is 37.3 Å². The average Bonchev–Trinajstić information content (AvgIpc) is 2.66. The van der Waals surface area contributed by atoms with Crippen LogP contribution in [0.2, 0.25) is 0 Å². The molecule has 1 aliphatic rings. The smallest absolute Gasteiger partial charge is 0.0315 e. The molecule has 1 aliphatic carbocycles. The molecule has 1 saturated carbocycles. The molecule has 1 aromatic heterocycles. The lowest BCUT2D eigenvalue weighted by molar-refractivity contribution is 0.388. The van der Waals surface area contributed by atoms with Gasteiger partial charge in [0.2, 0.25) is 0 Å². The fourth-order valence-corrected chi connectivity index (χ4v) is 2.44. The Morgan fingerprint density at radius 2 is 2.33 bits per heavy atom. The van der Waals surface area contributed by atoms with Crippen LogP contribution in [-0.4, -0.2) is 11.0 Å². The van der Waals surface area contributed by atoms with E-state index in [1.807, 2.05) is 18.5 Å². The number of nitrogens with one attached hydrogen (secondary N) is 1. The number of hydrogen-bond donors (Lipinski definition) is 1. The number of hydrogen-bond acceptors (Lipinski definition) is 2. The van der Waals surface area contributed by atoms with Gasteiger partial charge in [0.1, 0.15) is 0 Å². The summed E-state index contributed by atoms with van der Waals surface area (Å²) in [6.45, 7) is 4.57. The van der Waals surface area contributed by atoms with Crippen molar-refractivity contribution in [3.63, 3.8) is 0 Å². The van der Waals surface area contributed by atoms with Gasteiger partial charge < -0.3 is 5.32 Å². The van der Waals surface area contributed by atoms with E-state index in [1.54, 1.807) is 0 Å². The van der Waals surface area contributed by atoms with E-state index < -0.39 is 0 Å². The van der Waals surface area contributed by atoms with Gasteiger partial charge in [0.15, 0.2) is 0 Å². The van der Waals surface area contributed by atoms with Crippen molar-refractivity contribution in [3.05, 3.63) is 30.1 Å². The summed E-state index contributed by atoms with van der Waals surface area (Å²) in [7, 11) is 0. The normalized spacial score (nSPS) is 27.9. The summed E-state index contributed by atoms with van der Waals surface area (Å²) < 4.78 is 0. The van der Waals surface area contributed by atoms with Crippen LogP contribution in [0.5, 0.6) is 0 Å². The molecule has 0 amide bonds. The van der Waals surface area contributed by atoms with E-state index in [0.29, 0.717) is 12.1 Å². The minimum absolute atomic E-state index is 0.421. The molecule has 1 N–H and O–H groups in total. The van der Waals surface area contributed by atoms with Crippen molar-refractivity contribution in [1.82, 2.24) is 10.3 Å². The van der Waals surface area contributed by atoms with E-state index in [2.05, 4.69) is 30.2 Å². The molecule has 2 heteroatoms. The molecule has 1 heterocycles. The van der Waals surface area contributed by atoms with Crippen LogP contribution in [0.4, 0.5) is 0 Å². The maximum Gasteiger partial charge on any atom is 0.0315 e. The Balaban J connectivity index is 1.95. The zero-order valence-electron chi connectivity index (χ0n) is 9.61. The Labute approximate surface area is 92.1 Å². The van der Waals surface area contributed by atoms with Gasteiger partial charge in [-0.25, -0.2) is 0 Å². The second-order valence-electron chi connectivity index (χ2n) is 4.69. The van der Waals surface area contributed by atoms with Gasteiger partial charge >= 0.3 is 0 Å². The number of nitrogens with zero attached hydrogens (tertiary/aromatic N) is 1. The standard InChI is InChI=1S/C13H20N2/c1-10-5-3-7-13(10)15-11(2)12-6-4-8-14-9-12/h4,6,8-11,13,15H,3,5,7H2,1-2H3. The summed E-state index contributed by atoms with van der Waals surface area (Å²) >= 11 is 0. The monoisotopic (exact) mass is 204 g/mol. The highest BCUT2D eigenvalue weighted by atomic mass is 15.0. The van der Waals surface area contributed by atoms with Crippen LogP contribution >= 0.6 is 0 Å².